The van der Waals surface area contributed by atoms with Crippen LogP contribution in [0.5, 0.6) is 11.6 Å². The van der Waals surface area contributed by atoms with Gasteiger partial charge in [-0.15, -0.1) is 9.46 Å². The fraction of sp³-hybridized carbons (Fsp3) is 0.513. The molecule has 278 valence electrons. The number of anilines is 1. The first-order chi connectivity index (χ1) is 24.9. The van der Waals surface area contributed by atoms with E-state index in [1.165, 1.54) is 29.1 Å². The summed E-state index contributed by atoms with van der Waals surface area (Å²) in [5.74, 6) is -0.109. The molecule has 4 aliphatic rings. The zero-order valence-electron chi connectivity index (χ0n) is 30.5. The van der Waals surface area contributed by atoms with Crippen LogP contribution in [0.15, 0.2) is 59.1 Å². The molecule has 3 aromatic rings. The molecule has 7 atom stereocenters. The van der Waals surface area contributed by atoms with Crippen LogP contribution in [0.2, 0.25) is 5.02 Å². The van der Waals surface area contributed by atoms with Crippen molar-refractivity contribution in [3.63, 3.8) is 0 Å². The quantitative estimate of drug-likeness (QED) is 0.299. The first-order valence-electron chi connectivity index (χ1n) is 18.1. The van der Waals surface area contributed by atoms with Gasteiger partial charge in [0.05, 0.1) is 30.8 Å². The van der Waals surface area contributed by atoms with Crippen molar-refractivity contribution in [2.24, 2.45) is 29.2 Å². The molecule has 0 radical (unpaired) electrons. The van der Waals surface area contributed by atoms with Crippen molar-refractivity contribution in [2.75, 3.05) is 38.8 Å². The number of methoxy groups -OCH3 is 2. The molecule has 1 unspecified atom stereocenters. The van der Waals surface area contributed by atoms with Crippen molar-refractivity contribution in [1.29, 1.82) is 0 Å². The summed E-state index contributed by atoms with van der Waals surface area (Å²) in [5.41, 5.74) is 3.42. The molecule has 3 heterocycles. The molecule has 2 bridgehead atoms. The van der Waals surface area contributed by atoms with Gasteiger partial charge in [-0.1, -0.05) is 36.7 Å². The number of carbonyl (C=O) groups is 2. The maximum Gasteiger partial charge on any atom is 0.286 e. The van der Waals surface area contributed by atoms with E-state index in [0.29, 0.717) is 37.2 Å². The zero-order chi connectivity index (χ0) is 36.8. The van der Waals surface area contributed by atoms with Crippen LogP contribution in [0.1, 0.15) is 77.8 Å². The number of rotatable bonds is 4. The van der Waals surface area contributed by atoms with E-state index < -0.39 is 27.0 Å². The normalized spacial score (nSPS) is 30.8. The number of benzene rings is 2. The first kappa shape index (κ1) is 36.5. The number of nitrogens with zero attached hydrogens (tertiary/aromatic N) is 4. The van der Waals surface area contributed by atoms with Crippen LogP contribution in [-0.2, 0) is 33.5 Å². The lowest BCUT2D eigenvalue weighted by Gasteiger charge is -2.46. The van der Waals surface area contributed by atoms with Gasteiger partial charge in [0.25, 0.3) is 11.8 Å². The van der Waals surface area contributed by atoms with E-state index in [1.807, 2.05) is 25.1 Å². The van der Waals surface area contributed by atoms with Crippen LogP contribution in [0.3, 0.4) is 0 Å². The lowest BCUT2D eigenvalue weighted by atomic mass is 9.68. The van der Waals surface area contributed by atoms with Gasteiger partial charge in [-0.3, -0.25) is 19.0 Å². The number of allylic oxidation sites excluding steroid dienone is 1. The zero-order valence-corrected chi connectivity index (χ0v) is 32.0. The molecule has 2 amide bonds. The van der Waals surface area contributed by atoms with Crippen molar-refractivity contribution in [3.05, 3.63) is 82.0 Å². The molecular weight excluding hydrogens is 702 g/mol. The summed E-state index contributed by atoms with van der Waals surface area (Å²) in [6.45, 7) is 5.68. The predicted octanol–water partition coefficient (Wildman–Crippen LogP) is 6.53. The summed E-state index contributed by atoms with van der Waals surface area (Å²) in [7, 11) is 1.15. The van der Waals surface area contributed by atoms with Crippen molar-refractivity contribution < 1.29 is 28.0 Å². The summed E-state index contributed by atoms with van der Waals surface area (Å²) in [6.07, 6.45) is 11.2. The van der Waals surface area contributed by atoms with Crippen LogP contribution in [0, 0.1) is 17.8 Å². The van der Waals surface area contributed by atoms with Crippen LogP contribution in [0.25, 0.3) is 0 Å². The third kappa shape index (κ3) is 6.85. The van der Waals surface area contributed by atoms with E-state index in [-0.39, 0.29) is 34.4 Å². The number of amides is 2. The molecule has 0 saturated heterocycles. The summed E-state index contributed by atoms with van der Waals surface area (Å²) in [5, 5.41) is 4.20. The monoisotopic (exact) mass is 749 g/mol. The maximum absolute atomic E-state index is 14.9. The Morgan fingerprint density at radius 2 is 1.98 bits per heavy atom. The van der Waals surface area contributed by atoms with Gasteiger partial charge in [-0.2, -0.15) is 0 Å². The molecule has 1 N–H and O–H groups in total. The lowest BCUT2D eigenvalue weighted by molar-refractivity contribution is 0.0131. The van der Waals surface area contributed by atoms with Gasteiger partial charge in [-0.25, -0.2) is 4.21 Å². The number of nitrogens with one attached hydrogen (secondary N) is 1. The number of aromatic nitrogens is 2. The number of hydrogen-bond donors (Lipinski definition) is 1. The lowest BCUT2D eigenvalue weighted by Crippen LogP contribution is -2.49. The number of hydrogen-bond acceptors (Lipinski definition) is 8. The van der Waals surface area contributed by atoms with Gasteiger partial charge in [0.1, 0.15) is 21.2 Å². The highest BCUT2D eigenvalue weighted by Crippen LogP contribution is 2.47. The van der Waals surface area contributed by atoms with Crippen LogP contribution < -0.4 is 19.1 Å². The number of fused-ring (bicyclic) bond motifs is 4. The van der Waals surface area contributed by atoms with Crippen LogP contribution in [-0.4, -0.2) is 71.1 Å². The Balaban J connectivity index is 1.33. The molecule has 7 rings (SSSR count). The Kier molecular flexibility index (Phi) is 10.2. The summed E-state index contributed by atoms with van der Waals surface area (Å²) in [4.78, 5) is 30.2. The van der Waals surface area contributed by atoms with Gasteiger partial charge in [0.15, 0.2) is 0 Å². The minimum Gasteiger partial charge on any atom is -0.490 e. The number of halogens is 1. The molecule has 52 heavy (non-hydrogen) atoms. The highest BCUT2D eigenvalue weighted by atomic mass is 35.5. The average Bonchev–Trinajstić information content (AvgIpc) is 3.43. The summed E-state index contributed by atoms with van der Waals surface area (Å²) < 4.78 is 41.4. The number of aryl methyl sites for hydroxylation is 2. The van der Waals surface area contributed by atoms with E-state index in [4.69, 9.17) is 25.8 Å². The van der Waals surface area contributed by atoms with Gasteiger partial charge in [0, 0.05) is 49.4 Å². The smallest absolute Gasteiger partial charge is 0.286 e. The maximum atomic E-state index is 14.9. The van der Waals surface area contributed by atoms with Crippen molar-refractivity contribution in [3.8, 4) is 11.6 Å². The third-order valence-electron chi connectivity index (χ3n) is 11.7. The summed E-state index contributed by atoms with van der Waals surface area (Å²) in [6, 6.07) is 11.5. The molecular formula is C39H48ClN5O6S. The van der Waals surface area contributed by atoms with Gasteiger partial charge >= 0.3 is 0 Å². The Morgan fingerprint density at radius 3 is 2.73 bits per heavy atom. The summed E-state index contributed by atoms with van der Waals surface area (Å²) >= 11 is 6.46. The molecule has 1 saturated carbocycles. The average molecular weight is 750 g/mol. The van der Waals surface area contributed by atoms with Gasteiger partial charge < -0.3 is 19.1 Å². The van der Waals surface area contributed by atoms with Crippen molar-refractivity contribution in [1.82, 2.24) is 14.5 Å². The largest absolute Gasteiger partial charge is 0.490 e. The minimum absolute atomic E-state index is 0.0805. The molecule has 1 fully saturated rings. The minimum atomic E-state index is -3.67. The van der Waals surface area contributed by atoms with Crippen LogP contribution >= 0.6 is 11.6 Å². The molecule has 1 aromatic heterocycles. The van der Waals surface area contributed by atoms with E-state index in [0.717, 1.165) is 49.4 Å². The highest BCUT2D eigenvalue weighted by Gasteiger charge is 2.44. The Bertz CT molecular complexity index is 2020. The molecule has 1 spiro atoms. The third-order valence-corrected chi connectivity index (χ3v) is 14.4. The Hall–Kier alpha value is -3.87. The fourth-order valence-corrected chi connectivity index (χ4v) is 10.5. The Morgan fingerprint density at radius 1 is 1.15 bits per heavy atom. The van der Waals surface area contributed by atoms with E-state index >= 15 is 0 Å². The second-order valence-electron chi connectivity index (χ2n) is 15.0. The molecule has 11 nitrogen and oxygen atoms in total. The second-order valence-corrected chi connectivity index (χ2v) is 17.7. The molecule has 2 aliphatic carbocycles. The van der Waals surface area contributed by atoms with Gasteiger partial charge in [0.2, 0.25) is 5.88 Å². The predicted molar refractivity (Wildman–Crippen MR) is 202 cm³/mol. The highest BCUT2D eigenvalue weighted by molar-refractivity contribution is 7.93. The van der Waals surface area contributed by atoms with E-state index in [2.05, 4.69) is 43.4 Å². The van der Waals surface area contributed by atoms with Crippen molar-refractivity contribution in [2.45, 2.75) is 69.1 Å². The number of carbonyl (C=O) groups excluding carboxylic acids is 2. The van der Waals surface area contributed by atoms with E-state index in [1.54, 1.807) is 27.1 Å². The first-order valence-corrected chi connectivity index (χ1v) is 20.1. The molecule has 13 heteroatoms. The standard InChI is InChI=1S/C39H48ClN5O6S/c1-24-8-6-10-34(49-4)30-14-11-28(30)20-45-22-39(17-7-9-26-18-29(40)13-15-32(26)39)23-51-35-16-12-27(19-33(35)45)36(46)42-52(48,25(24)2)43-37(47)31-21-44(3)41-38(31)50-5/h6,10,12-13,15-16,18-19,21,24-25,28,30,34H,7-9,11,14,17,20,22-23H2,1-5H3,(H,42,43,46,47,48)/b10-6+/t24-,25+,28-,30+,34-,39-,52?/m0/s1. The second kappa shape index (κ2) is 14.5. The van der Waals surface area contributed by atoms with Gasteiger partial charge in [-0.05, 0) is 105 Å². The number of ether oxygens (including phenoxy) is 3. The topological polar surface area (TPSA) is 124 Å². The molecule has 2 aliphatic heterocycles. The van der Waals surface area contributed by atoms with E-state index in [9.17, 15) is 13.8 Å². The fourth-order valence-electron chi connectivity index (χ4n) is 8.45. The Labute approximate surface area is 311 Å². The van der Waals surface area contributed by atoms with Crippen molar-refractivity contribution >= 4 is 39.0 Å². The van der Waals surface area contributed by atoms with Crippen LogP contribution in [0.4, 0.5) is 5.69 Å². The molecule has 2 aromatic carbocycles. The SMILES string of the molecule is COc1nn(C)cc1C(=O)NS1(=O)=NC(=O)c2ccc3c(c2)N(C[C@@H]2CC[C@H]2[C@@H](OC)/C=C/C[C@H](C)[C@H]1C)C[C@@]1(CCCc2cc(Cl)ccc21)CO3.